The van der Waals surface area contributed by atoms with Crippen LogP contribution >= 0.6 is 0 Å². The Hall–Kier alpha value is -1.91. The van der Waals surface area contributed by atoms with Gasteiger partial charge in [0, 0.05) is 12.2 Å². The molecule has 1 fully saturated rings. The lowest BCUT2D eigenvalue weighted by Gasteiger charge is -2.18. The van der Waals surface area contributed by atoms with Crippen molar-refractivity contribution in [2.45, 2.75) is 52.0 Å². The third kappa shape index (κ3) is 3.40. The first-order chi connectivity index (χ1) is 10.2. The van der Waals surface area contributed by atoms with Gasteiger partial charge in [-0.05, 0) is 44.2 Å². The van der Waals surface area contributed by atoms with E-state index in [1.54, 1.807) is 6.20 Å². The highest BCUT2D eigenvalue weighted by Gasteiger charge is 2.19. The lowest BCUT2D eigenvalue weighted by molar-refractivity contribution is 0.425. The summed E-state index contributed by atoms with van der Waals surface area (Å²) < 4.78 is 5.28. The Morgan fingerprint density at radius 2 is 2.14 bits per heavy atom. The summed E-state index contributed by atoms with van der Waals surface area (Å²) in [6.07, 6.45) is 8.08. The number of hydrogen-bond acceptors (Lipinski definition) is 5. The molecule has 1 aliphatic rings. The highest BCUT2D eigenvalue weighted by molar-refractivity contribution is 5.68. The lowest BCUT2D eigenvalue weighted by atomic mass is 10.0. The number of anilines is 1. The summed E-state index contributed by atoms with van der Waals surface area (Å²) in [5.74, 6) is 2.85. The number of nitrogens with zero attached hydrogens (tertiary/aromatic N) is 3. The molecule has 1 saturated carbocycles. The van der Waals surface area contributed by atoms with Crippen LogP contribution in [0.5, 0.6) is 0 Å². The molecular weight excluding hydrogens is 264 g/mol. The molecule has 2 heterocycles. The second-order valence-electron chi connectivity index (χ2n) is 6.00. The van der Waals surface area contributed by atoms with Crippen molar-refractivity contribution >= 4 is 5.82 Å². The third-order valence-corrected chi connectivity index (χ3v) is 4.16. The summed E-state index contributed by atoms with van der Waals surface area (Å²) in [6, 6.07) is 4.35. The molecule has 0 spiro atoms. The zero-order valence-electron chi connectivity index (χ0n) is 12.7. The minimum Gasteiger partial charge on any atom is -0.367 e. The SMILES string of the molecule is Cc1noc(-c2cccnc2NC2CCCC(C)CC2)n1. The van der Waals surface area contributed by atoms with E-state index in [1.165, 1.54) is 32.1 Å². The summed E-state index contributed by atoms with van der Waals surface area (Å²) >= 11 is 0. The molecule has 3 rings (SSSR count). The molecule has 5 heteroatoms. The highest BCUT2D eigenvalue weighted by atomic mass is 16.5. The van der Waals surface area contributed by atoms with Gasteiger partial charge in [0.2, 0.25) is 0 Å². The molecule has 0 radical (unpaired) electrons. The van der Waals surface area contributed by atoms with Crippen LogP contribution in [-0.2, 0) is 0 Å². The maximum atomic E-state index is 5.28. The number of hydrogen-bond donors (Lipinski definition) is 1. The summed E-state index contributed by atoms with van der Waals surface area (Å²) in [4.78, 5) is 8.78. The number of nitrogens with one attached hydrogen (secondary N) is 1. The van der Waals surface area contributed by atoms with Crippen LogP contribution in [0, 0.1) is 12.8 Å². The minimum absolute atomic E-state index is 0.479. The molecular formula is C16H22N4O. The largest absolute Gasteiger partial charge is 0.367 e. The molecule has 1 N–H and O–H groups in total. The van der Waals surface area contributed by atoms with Crippen molar-refractivity contribution in [2.75, 3.05) is 5.32 Å². The zero-order chi connectivity index (χ0) is 14.7. The Morgan fingerprint density at radius 1 is 1.24 bits per heavy atom. The molecule has 2 unspecified atom stereocenters. The first-order valence-electron chi connectivity index (χ1n) is 7.74. The van der Waals surface area contributed by atoms with Gasteiger partial charge in [-0.2, -0.15) is 4.98 Å². The van der Waals surface area contributed by atoms with Gasteiger partial charge >= 0.3 is 0 Å². The van der Waals surface area contributed by atoms with Crippen molar-refractivity contribution in [2.24, 2.45) is 5.92 Å². The number of rotatable bonds is 3. The normalized spacial score (nSPS) is 22.8. The van der Waals surface area contributed by atoms with Gasteiger partial charge < -0.3 is 9.84 Å². The standard InChI is InChI=1S/C16H22N4O/c1-11-5-3-6-13(9-8-11)19-15-14(7-4-10-17-15)16-18-12(2)20-21-16/h4,7,10-11,13H,3,5-6,8-9H2,1-2H3,(H,17,19). The van der Waals surface area contributed by atoms with Gasteiger partial charge in [-0.3, -0.25) is 0 Å². The van der Waals surface area contributed by atoms with Crippen LogP contribution in [0.25, 0.3) is 11.5 Å². The van der Waals surface area contributed by atoms with Crippen LogP contribution in [-0.4, -0.2) is 21.2 Å². The average molecular weight is 286 g/mol. The lowest BCUT2D eigenvalue weighted by Crippen LogP contribution is -2.19. The van der Waals surface area contributed by atoms with Crippen LogP contribution in [0.15, 0.2) is 22.9 Å². The Morgan fingerprint density at radius 3 is 2.95 bits per heavy atom. The van der Waals surface area contributed by atoms with E-state index >= 15 is 0 Å². The third-order valence-electron chi connectivity index (χ3n) is 4.16. The van der Waals surface area contributed by atoms with E-state index in [1.807, 2.05) is 19.1 Å². The minimum atomic E-state index is 0.479. The van der Waals surface area contributed by atoms with Gasteiger partial charge in [0.05, 0.1) is 5.56 Å². The van der Waals surface area contributed by atoms with E-state index < -0.39 is 0 Å². The molecule has 1 aliphatic carbocycles. The fourth-order valence-corrected chi connectivity index (χ4v) is 2.92. The van der Waals surface area contributed by atoms with Crippen molar-refractivity contribution in [3.63, 3.8) is 0 Å². The van der Waals surface area contributed by atoms with Crippen LogP contribution < -0.4 is 5.32 Å². The van der Waals surface area contributed by atoms with Crippen molar-refractivity contribution in [1.82, 2.24) is 15.1 Å². The van der Waals surface area contributed by atoms with Gasteiger partial charge in [0.1, 0.15) is 5.82 Å². The van der Waals surface area contributed by atoms with E-state index in [2.05, 4.69) is 27.4 Å². The summed E-state index contributed by atoms with van der Waals surface area (Å²) in [7, 11) is 0. The summed E-state index contributed by atoms with van der Waals surface area (Å²) in [6.45, 7) is 4.17. The molecule has 0 saturated heterocycles. The van der Waals surface area contributed by atoms with E-state index in [4.69, 9.17) is 4.52 Å². The molecule has 5 nitrogen and oxygen atoms in total. The van der Waals surface area contributed by atoms with Crippen molar-refractivity contribution in [3.05, 3.63) is 24.2 Å². The number of pyridine rings is 1. The second kappa shape index (κ2) is 6.24. The predicted octanol–water partition coefficient (Wildman–Crippen LogP) is 3.82. The van der Waals surface area contributed by atoms with Crippen molar-refractivity contribution in [3.8, 4) is 11.5 Å². The van der Waals surface area contributed by atoms with Crippen LogP contribution in [0.4, 0.5) is 5.82 Å². The van der Waals surface area contributed by atoms with Gasteiger partial charge in [-0.15, -0.1) is 0 Å². The Balaban J connectivity index is 1.79. The van der Waals surface area contributed by atoms with Crippen molar-refractivity contribution < 1.29 is 4.52 Å². The van der Waals surface area contributed by atoms with Gasteiger partial charge in [-0.25, -0.2) is 4.98 Å². The monoisotopic (exact) mass is 286 g/mol. The van der Waals surface area contributed by atoms with Gasteiger partial charge in [-0.1, -0.05) is 24.9 Å². The summed E-state index contributed by atoms with van der Waals surface area (Å²) in [5, 5.41) is 7.44. The number of aryl methyl sites for hydroxylation is 1. The quantitative estimate of drug-likeness (QED) is 0.869. The molecule has 2 atom stereocenters. The molecule has 21 heavy (non-hydrogen) atoms. The molecule has 2 aromatic heterocycles. The Bertz CT molecular complexity index is 595. The maximum Gasteiger partial charge on any atom is 0.261 e. The van der Waals surface area contributed by atoms with E-state index in [9.17, 15) is 0 Å². The Labute approximate surface area is 125 Å². The first-order valence-corrected chi connectivity index (χ1v) is 7.74. The topological polar surface area (TPSA) is 63.8 Å². The first kappa shape index (κ1) is 14.0. The van der Waals surface area contributed by atoms with Crippen LogP contribution in [0.1, 0.15) is 44.9 Å². The average Bonchev–Trinajstić information content (AvgIpc) is 2.81. The van der Waals surface area contributed by atoms with Crippen molar-refractivity contribution in [1.29, 1.82) is 0 Å². The Kier molecular flexibility index (Phi) is 4.18. The molecule has 0 amide bonds. The number of aromatic nitrogens is 3. The predicted molar refractivity (Wildman–Crippen MR) is 81.9 cm³/mol. The smallest absolute Gasteiger partial charge is 0.261 e. The van der Waals surface area contributed by atoms with Crippen LogP contribution in [0.2, 0.25) is 0 Å². The second-order valence-corrected chi connectivity index (χ2v) is 6.00. The molecule has 0 bridgehead atoms. The van der Waals surface area contributed by atoms with E-state index in [-0.39, 0.29) is 0 Å². The summed E-state index contributed by atoms with van der Waals surface area (Å²) in [5.41, 5.74) is 0.885. The van der Waals surface area contributed by atoms with Gasteiger partial charge in [0.15, 0.2) is 5.82 Å². The fourth-order valence-electron chi connectivity index (χ4n) is 2.92. The zero-order valence-corrected chi connectivity index (χ0v) is 12.7. The maximum absolute atomic E-state index is 5.28. The fraction of sp³-hybridized carbons (Fsp3) is 0.562. The molecule has 0 aliphatic heterocycles. The van der Waals surface area contributed by atoms with E-state index in [0.29, 0.717) is 17.8 Å². The van der Waals surface area contributed by atoms with Crippen LogP contribution in [0.3, 0.4) is 0 Å². The molecule has 2 aromatic rings. The highest BCUT2D eigenvalue weighted by Crippen LogP contribution is 2.28. The molecule has 0 aromatic carbocycles. The van der Waals surface area contributed by atoms with Gasteiger partial charge in [0.25, 0.3) is 5.89 Å². The van der Waals surface area contributed by atoms with E-state index in [0.717, 1.165) is 17.3 Å². The molecule has 112 valence electrons.